The van der Waals surface area contributed by atoms with E-state index >= 15 is 0 Å². The number of anilines is 1. The standard InChI is InChI=1S/C21H24N4O5S/c26-19(22-14-7-9-15(10-8-14)25(28)29)13-31-20-17-5-1-2-6-18(17)24(21(27)23-20)12-16-4-3-11-30-16/h7-10,16H,1-6,11-13H2,(H,22,26)/t16-/m1/s1. The first-order valence-electron chi connectivity index (χ1n) is 10.4. The number of non-ortho nitro benzene ring substituents is 1. The van der Waals surface area contributed by atoms with Crippen LogP contribution >= 0.6 is 11.8 Å². The van der Waals surface area contributed by atoms with Gasteiger partial charge in [-0.25, -0.2) is 4.79 Å². The lowest BCUT2D eigenvalue weighted by Crippen LogP contribution is -2.34. The average Bonchev–Trinajstić information content (AvgIpc) is 3.28. The Morgan fingerprint density at radius 3 is 2.74 bits per heavy atom. The molecule has 0 radical (unpaired) electrons. The van der Waals surface area contributed by atoms with Crippen LogP contribution in [0.5, 0.6) is 0 Å². The molecule has 2 heterocycles. The number of thioether (sulfide) groups is 1. The lowest BCUT2D eigenvalue weighted by Gasteiger charge is -2.24. The Labute approximate surface area is 183 Å². The highest BCUT2D eigenvalue weighted by molar-refractivity contribution is 8.00. The minimum absolute atomic E-state index is 0.0354. The number of nitrogens with zero attached hydrogens (tertiary/aromatic N) is 3. The number of amides is 1. The second kappa shape index (κ2) is 9.61. The normalized spacial score (nSPS) is 17.9. The van der Waals surface area contributed by atoms with Crippen molar-refractivity contribution in [2.24, 2.45) is 0 Å². The van der Waals surface area contributed by atoms with E-state index < -0.39 is 4.92 Å². The number of fused-ring (bicyclic) bond motifs is 1. The molecule has 164 valence electrons. The molecule has 1 aromatic heterocycles. The van der Waals surface area contributed by atoms with Crippen LogP contribution in [0.1, 0.15) is 36.9 Å². The van der Waals surface area contributed by atoms with Gasteiger partial charge >= 0.3 is 5.69 Å². The molecule has 1 amide bonds. The Morgan fingerprint density at radius 2 is 2.03 bits per heavy atom. The van der Waals surface area contributed by atoms with Crippen molar-refractivity contribution in [2.75, 3.05) is 17.7 Å². The number of ether oxygens (including phenoxy) is 1. The summed E-state index contributed by atoms with van der Waals surface area (Å²) in [6.45, 7) is 1.28. The highest BCUT2D eigenvalue weighted by atomic mass is 32.2. The van der Waals surface area contributed by atoms with Crippen LogP contribution in [-0.2, 0) is 28.9 Å². The number of hydrogen-bond acceptors (Lipinski definition) is 7. The average molecular weight is 445 g/mol. The van der Waals surface area contributed by atoms with Gasteiger partial charge in [0.2, 0.25) is 5.91 Å². The zero-order chi connectivity index (χ0) is 21.8. The van der Waals surface area contributed by atoms with Crippen LogP contribution in [0.25, 0.3) is 0 Å². The lowest BCUT2D eigenvalue weighted by atomic mass is 9.97. The van der Waals surface area contributed by atoms with E-state index in [1.807, 2.05) is 0 Å². The van der Waals surface area contributed by atoms with Gasteiger partial charge in [0.1, 0.15) is 5.03 Å². The summed E-state index contributed by atoms with van der Waals surface area (Å²) >= 11 is 1.26. The molecular formula is C21H24N4O5S. The van der Waals surface area contributed by atoms with Crippen molar-refractivity contribution in [1.82, 2.24) is 9.55 Å². The molecule has 1 fully saturated rings. The first-order chi connectivity index (χ1) is 15.0. The molecule has 1 aromatic carbocycles. The van der Waals surface area contributed by atoms with Gasteiger partial charge < -0.3 is 10.1 Å². The van der Waals surface area contributed by atoms with Gasteiger partial charge in [0.05, 0.1) is 23.3 Å². The molecule has 10 heteroatoms. The van der Waals surface area contributed by atoms with Crippen molar-refractivity contribution in [2.45, 2.75) is 56.2 Å². The summed E-state index contributed by atoms with van der Waals surface area (Å²) in [5.41, 5.74) is 2.26. The maximum Gasteiger partial charge on any atom is 0.348 e. The summed E-state index contributed by atoms with van der Waals surface area (Å²) in [5, 5.41) is 14.1. The largest absolute Gasteiger partial charge is 0.376 e. The number of nitro groups is 1. The number of carbonyl (C=O) groups excluding carboxylic acids is 1. The first kappa shape index (κ1) is 21.5. The number of benzene rings is 1. The molecule has 31 heavy (non-hydrogen) atoms. The molecule has 0 bridgehead atoms. The number of rotatable bonds is 7. The third-order valence-corrected chi connectivity index (χ3v) is 6.58. The van der Waals surface area contributed by atoms with Crippen LogP contribution in [0, 0.1) is 10.1 Å². The van der Waals surface area contributed by atoms with Crippen LogP contribution in [0.15, 0.2) is 34.1 Å². The van der Waals surface area contributed by atoms with E-state index in [9.17, 15) is 19.7 Å². The van der Waals surface area contributed by atoms with E-state index in [1.54, 1.807) is 4.57 Å². The van der Waals surface area contributed by atoms with Gasteiger partial charge in [-0.3, -0.25) is 19.5 Å². The van der Waals surface area contributed by atoms with Gasteiger partial charge in [-0.1, -0.05) is 11.8 Å². The SMILES string of the molecule is O=C(CSc1nc(=O)n(C[C@H]2CCCO2)c2c1CCCC2)Nc1ccc([N+](=O)[O-])cc1. The van der Waals surface area contributed by atoms with E-state index in [0.717, 1.165) is 56.4 Å². The Morgan fingerprint density at radius 1 is 1.26 bits per heavy atom. The Hall–Kier alpha value is -2.72. The maximum absolute atomic E-state index is 12.7. The first-order valence-corrected chi connectivity index (χ1v) is 11.4. The second-order valence-corrected chi connectivity index (χ2v) is 8.68. The van der Waals surface area contributed by atoms with Crippen molar-refractivity contribution < 1.29 is 14.5 Å². The van der Waals surface area contributed by atoms with Crippen molar-refractivity contribution in [3.05, 3.63) is 56.1 Å². The molecule has 1 atom stereocenters. The smallest absolute Gasteiger partial charge is 0.348 e. The van der Waals surface area contributed by atoms with Crippen molar-refractivity contribution >= 4 is 29.0 Å². The van der Waals surface area contributed by atoms with Gasteiger partial charge in [0.15, 0.2) is 0 Å². The molecule has 2 aliphatic rings. The zero-order valence-corrected chi connectivity index (χ0v) is 17.9. The number of carbonyl (C=O) groups is 1. The summed E-state index contributed by atoms with van der Waals surface area (Å²) < 4.78 is 7.48. The van der Waals surface area contributed by atoms with E-state index in [2.05, 4.69) is 10.3 Å². The molecule has 1 aliphatic carbocycles. The maximum atomic E-state index is 12.7. The predicted octanol–water partition coefficient (Wildman–Crippen LogP) is 2.94. The van der Waals surface area contributed by atoms with Crippen molar-refractivity contribution in [3.8, 4) is 0 Å². The summed E-state index contributed by atoms with van der Waals surface area (Å²) in [5.74, 6) is -0.153. The summed E-state index contributed by atoms with van der Waals surface area (Å²) in [6.07, 6.45) is 5.80. The lowest BCUT2D eigenvalue weighted by molar-refractivity contribution is -0.384. The monoisotopic (exact) mass is 444 g/mol. The second-order valence-electron chi connectivity index (χ2n) is 7.72. The fourth-order valence-electron chi connectivity index (χ4n) is 4.04. The Balaban J connectivity index is 1.45. The molecule has 0 spiro atoms. The third-order valence-electron chi connectivity index (χ3n) is 5.56. The Bertz CT molecular complexity index is 1030. The van der Waals surface area contributed by atoms with Crippen LogP contribution in [0.3, 0.4) is 0 Å². The molecule has 0 unspecified atom stereocenters. The van der Waals surface area contributed by atoms with E-state index in [0.29, 0.717) is 17.3 Å². The number of nitrogens with one attached hydrogen (secondary N) is 1. The van der Waals surface area contributed by atoms with Crippen molar-refractivity contribution in [3.63, 3.8) is 0 Å². The zero-order valence-electron chi connectivity index (χ0n) is 17.0. The van der Waals surface area contributed by atoms with Gasteiger partial charge in [0, 0.05) is 35.7 Å². The number of nitro benzene ring substituents is 1. The summed E-state index contributed by atoms with van der Waals surface area (Å²) in [4.78, 5) is 39.7. The molecule has 1 saturated heterocycles. The summed E-state index contributed by atoms with van der Waals surface area (Å²) in [6, 6.07) is 5.67. The molecular weight excluding hydrogens is 420 g/mol. The Kier molecular flexibility index (Phi) is 6.67. The molecule has 1 N–H and O–H groups in total. The number of hydrogen-bond donors (Lipinski definition) is 1. The van der Waals surface area contributed by atoms with Crippen LogP contribution in [-0.4, -0.2) is 38.8 Å². The molecule has 9 nitrogen and oxygen atoms in total. The van der Waals surface area contributed by atoms with E-state index in [1.165, 1.54) is 36.0 Å². The van der Waals surface area contributed by atoms with Crippen molar-refractivity contribution in [1.29, 1.82) is 0 Å². The highest BCUT2D eigenvalue weighted by Crippen LogP contribution is 2.29. The van der Waals surface area contributed by atoms with Gasteiger partial charge in [-0.05, 0) is 50.7 Å². The molecule has 2 aromatic rings. The quantitative estimate of drug-likeness (QED) is 0.302. The van der Waals surface area contributed by atoms with E-state index in [-0.39, 0.29) is 29.1 Å². The van der Waals surface area contributed by atoms with Crippen LogP contribution < -0.4 is 11.0 Å². The fraction of sp³-hybridized carbons (Fsp3) is 0.476. The predicted molar refractivity (Wildman–Crippen MR) is 117 cm³/mol. The van der Waals surface area contributed by atoms with Gasteiger partial charge in [-0.15, -0.1) is 0 Å². The fourth-order valence-corrected chi connectivity index (χ4v) is 4.92. The third kappa shape index (κ3) is 5.13. The van der Waals surface area contributed by atoms with Crippen LogP contribution in [0.4, 0.5) is 11.4 Å². The minimum atomic E-state index is -0.489. The molecule has 0 saturated carbocycles. The number of aromatic nitrogens is 2. The minimum Gasteiger partial charge on any atom is -0.376 e. The topological polar surface area (TPSA) is 116 Å². The van der Waals surface area contributed by atoms with E-state index in [4.69, 9.17) is 4.74 Å². The van der Waals surface area contributed by atoms with Gasteiger partial charge in [0.25, 0.3) is 5.69 Å². The summed E-state index contributed by atoms with van der Waals surface area (Å²) in [7, 11) is 0. The van der Waals surface area contributed by atoms with Crippen LogP contribution in [0.2, 0.25) is 0 Å². The highest BCUT2D eigenvalue weighted by Gasteiger charge is 2.24. The molecule has 4 rings (SSSR count). The molecule has 1 aliphatic heterocycles. The van der Waals surface area contributed by atoms with Gasteiger partial charge in [-0.2, -0.15) is 4.98 Å².